The summed E-state index contributed by atoms with van der Waals surface area (Å²) < 4.78 is 4.52. The molecule has 2 aromatic heterocycles. The fraction of sp³-hybridized carbons (Fsp3) is 0. The van der Waals surface area contributed by atoms with E-state index in [0.29, 0.717) is 11.1 Å². The van der Waals surface area contributed by atoms with E-state index in [2.05, 4.69) is 124 Å². The SMILES string of the molecule is N#Cc1ccc(-n2c3ccccc3c3c2ccc2c4ccccc4n(-c4ccc(-c5ccccc5)cc4)c23)c(C#N)c1. The van der Waals surface area contributed by atoms with Crippen LogP contribution in [0, 0.1) is 22.7 Å². The van der Waals surface area contributed by atoms with Gasteiger partial charge in [0.25, 0.3) is 0 Å². The van der Waals surface area contributed by atoms with Crippen molar-refractivity contribution in [2.24, 2.45) is 0 Å². The van der Waals surface area contributed by atoms with Crippen LogP contribution in [-0.2, 0) is 0 Å². The Morgan fingerprint density at radius 2 is 1.14 bits per heavy atom. The molecule has 0 radical (unpaired) electrons. The molecule has 8 rings (SSSR count). The molecule has 0 spiro atoms. The Kier molecular flexibility index (Phi) is 5.22. The number of para-hydroxylation sites is 2. The molecule has 0 bridgehead atoms. The molecule has 0 fully saturated rings. The fourth-order valence-corrected chi connectivity index (χ4v) is 6.36. The van der Waals surface area contributed by atoms with Gasteiger partial charge in [0.1, 0.15) is 6.07 Å². The molecule has 0 aliphatic heterocycles. The molecule has 0 aliphatic carbocycles. The minimum absolute atomic E-state index is 0.467. The number of aromatic nitrogens is 2. The summed E-state index contributed by atoms with van der Waals surface area (Å²) in [7, 11) is 0. The average Bonchev–Trinajstić information content (AvgIpc) is 3.58. The largest absolute Gasteiger partial charge is 0.309 e. The topological polar surface area (TPSA) is 57.4 Å². The monoisotopic (exact) mass is 534 g/mol. The van der Waals surface area contributed by atoms with Gasteiger partial charge in [0.05, 0.1) is 45.0 Å². The molecule has 8 aromatic rings. The molecular formula is C38H22N4. The van der Waals surface area contributed by atoms with E-state index >= 15 is 0 Å². The minimum Gasteiger partial charge on any atom is -0.309 e. The van der Waals surface area contributed by atoms with E-state index in [0.717, 1.165) is 44.2 Å². The van der Waals surface area contributed by atoms with Gasteiger partial charge in [0.2, 0.25) is 0 Å². The number of benzene rings is 6. The molecule has 0 N–H and O–H groups in total. The summed E-state index contributed by atoms with van der Waals surface area (Å²) in [5.41, 5.74) is 9.43. The smallest absolute Gasteiger partial charge is 0.101 e. The Labute approximate surface area is 242 Å². The van der Waals surface area contributed by atoms with Crippen LogP contribution < -0.4 is 0 Å². The zero-order chi connectivity index (χ0) is 28.2. The summed E-state index contributed by atoms with van der Waals surface area (Å²) >= 11 is 0. The van der Waals surface area contributed by atoms with Crippen LogP contribution in [0.4, 0.5) is 0 Å². The second kappa shape index (κ2) is 9.24. The predicted molar refractivity (Wildman–Crippen MR) is 170 cm³/mol. The quantitative estimate of drug-likeness (QED) is 0.227. The first-order chi connectivity index (χ1) is 20.8. The standard InChI is InChI=1S/C38H22N4/c39-23-25-14-20-33(28(22-25)24-40)42-35-13-7-5-11-32(35)37-36(42)21-19-31-30-10-4-6-12-34(30)41(38(31)37)29-17-15-27(16-18-29)26-8-2-1-3-9-26/h1-22H. The van der Waals surface area contributed by atoms with E-state index in [1.165, 1.54) is 21.9 Å². The van der Waals surface area contributed by atoms with Gasteiger partial charge in [-0.05, 0) is 59.7 Å². The lowest BCUT2D eigenvalue weighted by atomic mass is 10.1. The van der Waals surface area contributed by atoms with Crippen LogP contribution in [0.2, 0.25) is 0 Å². The van der Waals surface area contributed by atoms with Crippen LogP contribution in [0.15, 0.2) is 133 Å². The maximum absolute atomic E-state index is 10.1. The molecule has 0 saturated heterocycles. The molecule has 4 nitrogen and oxygen atoms in total. The van der Waals surface area contributed by atoms with Gasteiger partial charge in [-0.2, -0.15) is 10.5 Å². The van der Waals surface area contributed by atoms with Crippen LogP contribution in [0.1, 0.15) is 11.1 Å². The Balaban J connectivity index is 1.49. The fourth-order valence-electron chi connectivity index (χ4n) is 6.36. The third kappa shape index (κ3) is 3.40. The first kappa shape index (κ1) is 23.8. The zero-order valence-electron chi connectivity index (χ0n) is 22.5. The Morgan fingerprint density at radius 3 is 1.88 bits per heavy atom. The van der Waals surface area contributed by atoms with Crippen LogP contribution in [0.25, 0.3) is 66.1 Å². The van der Waals surface area contributed by atoms with E-state index in [9.17, 15) is 10.5 Å². The predicted octanol–water partition coefficient (Wildman–Crippen LogP) is 9.29. The lowest BCUT2D eigenvalue weighted by molar-refractivity contribution is 1.16. The van der Waals surface area contributed by atoms with Gasteiger partial charge in [-0.1, -0.05) is 84.9 Å². The summed E-state index contributed by atoms with van der Waals surface area (Å²) in [6, 6.07) is 50.3. The van der Waals surface area contributed by atoms with Gasteiger partial charge >= 0.3 is 0 Å². The van der Waals surface area contributed by atoms with Gasteiger partial charge in [-0.15, -0.1) is 0 Å². The van der Waals surface area contributed by atoms with Crippen molar-refractivity contribution in [1.82, 2.24) is 9.13 Å². The molecule has 2 heterocycles. The number of hydrogen-bond acceptors (Lipinski definition) is 2. The molecule has 0 unspecified atom stereocenters. The van der Waals surface area contributed by atoms with Gasteiger partial charge < -0.3 is 9.13 Å². The van der Waals surface area contributed by atoms with Gasteiger partial charge in [-0.3, -0.25) is 0 Å². The first-order valence-electron chi connectivity index (χ1n) is 13.8. The number of nitriles is 2. The third-order valence-electron chi connectivity index (χ3n) is 8.19. The summed E-state index contributed by atoms with van der Waals surface area (Å²) in [5.74, 6) is 0. The minimum atomic E-state index is 0.467. The van der Waals surface area contributed by atoms with Crippen molar-refractivity contribution in [2.45, 2.75) is 0 Å². The lowest BCUT2D eigenvalue weighted by Gasteiger charge is -2.12. The second-order valence-corrected chi connectivity index (χ2v) is 10.4. The maximum Gasteiger partial charge on any atom is 0.101 e. The van der Waals surface area contributed by atoms with E-state index in [4.69, 9.17) is 0 Å². The third-order valence-corrected chi connectivity index (χ3v) is 8.19. The molecule has 0 amide bonds. The molecule has 0 saturated carbocycles. The van der Waals surface area contributed by atoms with Crippen molar-refractivity contribution in [3.63, 3.8) is 0 Å². The molecule has 0 atom stereocenters. The van der Waals surface area contributed by atoms with Crippen LogP contribution >= 0.6 is 0 Å². The highest BCUT2D eigenvalue weighted by Gasteiger charge is 2.21. The number of nitrogens with zero attached hydrogens (tertiary/aromatic N) is 4. The molecule has 194 valence electrons. The maximum atomic E-state index is 10.1. The molecule has 4 heteroatoms. The van der Waals surface area contributed by atoms with Crippen molar-refractivity contribution >= 4 is 43.6 Å². The van der Waals surface area contributed by atoms with E-state index < -0.39 is 0 Å². The average molecular weight is 535 g/mol. The van der Waals surface area contributed by atoms with Gasteiger partial charge in [0.15, 0.2) is 0 Å². The van der Waals surface area contributed by atoms with E-state index in [1.807, 2.05) is 18.2 Å². The lowest BCUT2D eigenvalue weighted by Crippen LogP contribution is -1.98. The highest BCUT2D eigenvalue weighted by Crippen LogP contribution is 2.42. The van der Waals surface area contributed by atoms with Gasteiger partial charge in [0, 0.05) is 27.2 Å². The molecule has 42 heavy (non-hydrogen) atoms. The highest BCUT2D eigenvalue weighted by molar-refractivity contribution is 6.26. The molecule has 0 aliphatic rings. The van der Waals surface area contributed by atoms with Crippen molar-refractivity contribution in [1.29, 1.82) is 10.5 Å². The normalized spacial score (nSPS) is 11.3. The van der Waals surface area contributed by atoms with Crippen LogP contribution in [-0.4, -0.2) is 9.13 Å². The first-order valence-corrected chi connectivity index (χ1v) is 13.8. The van der Waals surface area contributed by atoms with Crippen molar-refractivity contribution < 1.29 is 0 Å². The Bertz CT molecular complexity index is 2410. The van der Waals surface area contributed by atoms with Crippen molar-refractivity contribution in [3.05, 3.63) is 145 Å². The number of fused-ring (bicyclic) bond motifs is 7. The second-order valence-electron chi connectivity index (χ2n) is 10.4. The number of hydrogen-bond donors (Lipinski definition) is 0. The number of rotatable bonds is 3. The van der Waals surface area contributed by atoms with Crippen molar-refractivity contribution in [2.75, 3.05) is 0 Å². The summed E-state index contributed by atoms with van der Waals surface area (Å²) in [5, 5.41) is 24.1. The Hall–Kier alpha value is -6.10. The zero-order valence-corrected chi connectivity index (χ0v) is 22.5. The summed E-state index contributed by atoms with van der Waals surface area (Å²) in [4.78, 5) is 0. The van der Waals surface area contributed by atoms with E-state index in [1.54, 1.807) is 12.1 Å². The summed E-state index contributed by atoms with van der Waals surface area (Å²) in [6.07, 6.45) is 0. The summed E-state index contributed by atoms with van der Waals surface area (Å²) in [6.45, 7) is 0. The molecular weight excluding hydrogens is 512 g/mol. The van der Waals surface area contributed by atoms with Crippen molar-refractivity contribution in [3.8, 4) is 34.6 Å². The van der Waals surface area contributed by atoms with Crippen LogP contribution in [0.3, 0.4) is 0 Å². The van der Waals surface area contributed by atoms with Gasteiger partial charge in [-0.25, -0.2) is 0 Å². The Morgan fingerprint density at radius 1 is 0.476 bits per heavy atom. The highest BCUT2D eigenvalue weighted by atomic mass is 15.0. The van der Waals surface area contributed by atoms with Crippen LogP contribution in [0.5, 0.6) is 0 Å². The molecule has 6 aromatic carbocycles. The van der Waals surface area contributed by atoms with E-state index in [-0.39, 0.29) is 0 Å².